The highest BCUT2D eigenvalue weighted by atomic mass is 19.1. The summed E-state index contributed by atoms with van der Waals surface area (Å²) < 4.78 is 14.1. The van der Waals surface area contributed by atoms with Gasteiger partial charge in [-0.3, -0.25) is 4.90 Å². The first-order valence-corrected chi connectivity index (χ1v) is 6.48. The molecule has 1 aliphatic heterocycles. The second-order valence-corrected chi connectivity index (χ2v) is 5.08. The molecule has 3 N–H and O–H groups in total. The molecule has 2 unspecified atom stereocenters. The molecule has 0 amide bonds. The summed E-state index contributed by atoms with van der Waals surface area (Å²) in [6.45, 7) is 3.96. The molecule has 18 heavy (non-hydrogen) atoms. The van der Waals surface area contributed by atoms with Crippen molar-refractivity contribution >= 4 is 0 Å². The van der Waals surface area contributed by atoms with Crippen LogP contribution in [0.2, 0.25) is 0 Å². The van der Waals surface area contributed by atoms with Gasteiger partial charge in [0.05, 0.1) is 6.61 Å². The Hall–Kier alpha value is -0.970. The first-order valence-electron chi connectivity index (χ1n) is 6.48. The van der Waals surface area contributed by atoms with Crippen molar-refractivity contribution in [2.24, 2.45) is 11.7 Å². The lowest BCUT2D eigenvalue weighted by atomic mass is 10.0. The number of halogens is 1. The van der Waals surface area contributed by atoms with Crippen LogP contribution in [0.3, 0.4) is 0 Å². The van der Waals surface area contributed by atoms with E-state index in [2.05, 4.69) is 11.8 Å². The third kappa shape index (κ3) is 2.55. The van der Waals surface area contributed by atoms with Gasteiger partial charge in [-0.05, 0) is 18.9 Å². The Labute approximate surface area is 107 Å². The Bertz CT molecular complexity index is 411. The molecule has 1 aromatic carbocycles. The van der Waals surface area contributed by atoms with Crippen LogP contribution in [0.25, 0.3) is 0 Å². The Balaban J connectivity index is 2.14. The number of aliphatic hydroxyl groups is 1. The van der Waals surface area contributed by atoms with Gasteiger partial charge in [-0.25, -0.2) is 4.39 Å². The summed E-state index contributed by atoms with van der Waals surface area (Å²) >= 11 is 0. The number of rotatable bonds is 4. The van der Waals surface area contributed by atoms with Gasteiger partial charge in [0.2, 0.25) is 0 Å². The van der Waals surface area contributed by atoms with Crippen molar-refractivity contribution < 1.29 is 9.50 Å². The molecule has 0 radical (unpaired) electrons. The van der Waals surface area contributed by atoms with Gasteiger partial charge in [-0.1, -0.05) is 25.1 Å². The van der Waals surface area contributed by atoms with E-state index in [0.29, 0.717) is 23.6 Å². The van der Waals surface area contributed by atoms with E-state index >= 15 is 0 Å². The molecule has 0 saturated carbocycles. The minimum Gasteiger partial charge on any atom is -0.395 e. The Kier molecular flexibility index (Phi) is 4.32. The van der Waals surface area contributed by atoms with Gasteiger partial charge < -0.3 is 10.8 Å². The highest BCUT2D eigenvalue weighted by molar-refractivity contribution is 5.26. The normalized spacial score (nSPS) is 24.7. The number of nitrogens with zero attached hydrogens (tertiary/aromatic N) is 1. The van der Waals surface area contributed by atoms with Crippen LogP contribution in [-0.4, -0.2) is 29.2 Å². The smallest absolute Gasteiger partial charge is 0.132 e. The molecular formula is C14H21FN2O. The molecule has 2 atom stereocenters. The molecule has 1 fully saturated rings. The summed E-state index contributed by atoms with van der Waals surface area (Å²) in [5, 5.41) is 9.40. The van der Waals surface area contributed by atoms with Gasteiger partial charge in [-0.15, -0.1) is 0 Å². The summed E-state index contributed by atoms with van der Waals surface area (Å²) in [5.41, 5.74) is 6.74. The highest BCUT2D eigenvalue weighted by Crippen LogP contribution is 2.26. The van der Waals surface area contributed by atoms with E-state index in [1.54, 1.807) is 12.1 Å². The number of hydrogen-bond acceptors (Lipinski definition) is 3. The summed E-state index contributed by atoms with van der Waals surface area (Å²) in [7, 11) is 0. The van der Waals surface area contributed by atoms with E-state index in [-0.39, 0.29) is 25.0 Å². The number of benzene rings is 1. The summed E-state index contributed by atoms with van der Waals surface area (Å²) in [4.78, 5) is 2.16. The first-order chi connectivity index (χ1) is 8.67. The molecule has 1 aliphatic rings. The lowest BCUT2D eigenvalue weighted by molar-refractivity contribution is 0.133. The van der Waals surface area contributed by atoms with Crippen LogP contribution >= 0.6 is 0 Å². The van der Waals surface area contributed by atoms with E-state index in [1.807, 2.05) is 6.07 Å². The fraction of sp³-hybridized carbons (Fsp3) is 0.571. The molecule has 2 rings (SSSR count). The predicted octanol–water partition coefficient (Wildman–Crippen LogP) is 1.49. The third-order valence-electron chi connectivity index (χ3n) is 3.94. The van der Waals surface area contributed by atoms with Gasteiger partial charge >= 0.3 is 0 Å². The highest BCUT2D eigenvalue weighted by Gasteiger charge is 2.30. The fourth-order valence-electron chi connectivity index (χ4n) is 2.71. The lowest BCUT2D eigenvalue weighted by Gasteiger charge is -2.25. The van der Waals surface area contributed by atoms with Crippen LogP contribution < -0.4 is 5.73 Å². The van der Waals surface area contributed by atoms with Crippen LogP contribution in [0.15, 0.2) is 18.2 Å². The van der Waals surface area contributed by atoms with Crippen molar-refractivity contribution in [1.29, 1.82) is 0 Å². The molecule has 3 nitrogen and oxygen atoms in total. The largest absolute Gasteiger partial charge is 0.395 e. The molecule has 0 bridgehead atoms. The third-order valence-corrected chi connectivity index (χ3v) is 3.94. The monoisotopic (exact) mass is 252 g/mol. The van der Waals surface area contributed by atoms with Gasteiger partial charge in [0, 0.05) is 30.3 Å². The molecule has 4 heteroatoms. The molecule has 100 valence electrons. The molecule has 0 aromatic heterocycles. The maximum atomic E-state index is 14.1. The number of nitrogens with two attached hydrogens (primary N) is 1. The molecule has 1 saturated heterocycles. The van der Waals surface area contributed by atoms with Crippen molar-refractivity contribution in [3.8, 4) is 0 Å². The number of hydrogen-bond donors (Lipinski definition) is 2. The summed E-state index contributed by atoms with van der Waals surface area (Å²) in [6.07, 6.45) is 1.06. The summed E-state index contributed by atoms with van der Waals surface area (Å²) in [5.74, 6) is 0.270. The molecule has 1 aromatic rings. The molecule has 1 heterocycles. The SMILES string of the molecule is CC1CCN(Cc2cccc(CN)c2F)C1CO. The first kappa shape index (κ1) is 13.5. The van der Waals surface area contributed by atoms with Gasteiger partial charge in [0.1, 0.15) is 5.82 Å². The van der Waals surface area contributed by atoms with E-state index in [0.717, 1.165) is 13.0 Å². The second-order valence-electron chi connectivity index (χ2n) is 5.08. The number of likely N-dealkylation sites (tertiary alicyclic amines) is 1. The average molecular weight is 252 g/mol. The summed E-state index contributed by atoms with van der Waals surface area (Å²) in [6, 6.07) is 5.50. The Morgan fingerprint density at radius 1 is 1.44 bits per heavy atom. The van der Waals surface area contributed by atoms with Crippen LogP contribution in [0.5, 0.6) is 0 Å². The van der Waals surface area contributed by atoms with Gasteiger partial charge in [0.15, 0.2) is 0 Å². The van der Waals surface area contributed by atoms with Crippen LogP contribution in [0.1, 0.15) is 24.5 Å². The standard InChI is InChI=1S/C14H21FN2O/c1-10-5-6-17(13(10)9-18)8-12-4-2-3-11(7-16)14(12)15/h2-4,10,13,18H,5-9,16H2,1H3. The van der Waals surface area contributed by atoms with Crippen LogP contribution in [0.4, 0.5) is 4.39 Å². The zero-order valence-electron chi connectivity index (χ0n) is 10.8. The molecule has 0 aliphatic carbocycles. The van der Waals surface area contributed by atoms with Crippen molar-refractivity contribution in [3.63, 3.8) is 0 Å². The van der Waals surface area contributed by atoms with Crippen LogP contribution in [-0.2, 0) is 13.1 Å². The van der Waals surface area contributed by atoms with Crippen molar-refractivity contribution in [3.05, 3.63) is 35.1 Å². The maximum absolute atomic E-state index is 14.1. The quantitative estimate of drug-likeness (QED) is 0.853. The minimum absolute atomic E-state index is 0.138. The van der Waals surface area contributed by atoms with E-state index in [4.69, 9.17) is 5.73 Å². The van der Waals surface area contributed by atoms with Crippen molar-refractivity contribution in [1.82, 2.24) is 4.90 Å². The zero-order valence-corrected chi connectivity index (χ0v) is 10.8. The lowest BCUT2D eigenvalue weighted by Crippen LogP contribution is -2.35. The minimum atomic E-state index is -0.198. The second kappa shape index (κ2) is 5.78. The average Bonchev–Trinajstić information content (AvgIpc) is 2.72. The zero-order chi connectivity index (χ0) is 13.1. The van der Waals surface area contributed by atoms with Crippen molar-refractivity contribution in [2.75, 3.05) is 13.2 Å². The van der Waals surface area contributed by atoms with Crippen molar-refractivity contribution in [2.45, 2.75) is 32.5 Å². The topological polar surface area (TPSA) is 49.5 Å². The Morgan fingerprint density at radius 3 is 2.83 bits per heavy atom. The number of aliphatic hydroxyl groups excluding tert-OH is 1. The predicted molar refractivity (Wildman–Crippen MR) is 69.4 cm³/mol. The van der Waals surface area contributed by atoms with E-state index < -0.39 is 0 Å². The van der Waals surface area contributed by atoms with E-state index in [9.17, 15) is 9.50 Å². The maximum Gasteiger partial charge on any atom is 0.132 e. The van der Waals surface area contributed by atoms with E-state index in [1.165, 1.54) is 0 Å². The van der Waals surface area contributed by atoms with Gasteiger partial charge in [-0.2, -0.15) is 0 Å². The molecular weight excluding hydrogens is 231 g/mol. The van der Waals surface area contributed by atoms with Gasteiger partial charge in [0.25, 0.3) is 0 Å². The fourth-order valence-corrected chi connectivity index (χ4v) is 2.71. The molecule has 0 spiro atoms. The van der Waals surface area contributed by atoms with Crippen LogP contribution in [0, 0.1) is 11.7 Å². The Morgan fingerprint density at radius 2 is 2.17 bits per heavy atom.